The third-order valence-corrected chi connectivity index (χ3v) is 4.80. The summed E-state index contributed by atoms with van der Waals surface area (Å²) in [6, 6.07) is 7.80. The van der Waals surface area contributed by atoms with Gasteiger partial charge in [0.2, 0.25) is 16.9 Å². The highest BCUT2D eigenvalue weighted by atomic mass is 32.2. The Morgan fingerprint density at radius 2 is 1.92 bits per heavy atom. The second-order valence-corrected chi connectivity index (χ2v) is 7.59. The fourth-order valence-electron chi connectivity index (χ4n) is 1.83. The van der Waals surface area contributed by atoms with E-state index >= 15 is 0 Å². The number of hydrogen-bond acceptors (Lipinski definition) is 8. The third-order valence-electron chi connectivity index (χ3n) is 3.11. The Labute approximate surface area is 146 Å². The van der Waals surface area contributed by atoms with Crippen molar-refractivity contribution in [3.63, 3.8) is 0 Å². The second-order valence-electron chi connectivity index (χ2n) is 5.11. The van der Waals surface area contributed by atoms with Crippen LogP contribution in [0.2, 0.25) is 0 Å². The van der Waals surface area contributed by atoms with Gasteiger partial charge in [-0.15, -0.1) is 20.4 Å². The number of aryl methyl sites for hydroxylation is 2. The van der Waals surface area contributed by atoms with Crippen LogP contribution in [0.1, 0.15) is 17.5 Å². The van der Waals surface area contributed by atoms with Crippen LogP contribution in [0.3, 0.4) is 0 Å². The molecule has 3 aromatic rings. The second kappa shape index (κ2) is 7.10. The minimum Gasteiger partial charge on any atom is -0.411 e. The molecule has 0 aliphatic carbocycles. The minimum absolute atomic E-state index is 0.189. The van der Waals surface area contributed by atoms with Crippen LogP contribution in [-0.4, -0.2) is 31.6 Å². The van der Waals surface area contributed by atoms with Crippen LogP contribution < -0.4 is 5.32 Å². The highest BCUT2D eigenvalue weighted by molar-refractivity contribution is 8.00. The molecule has 0 fully saturated rings. The van der Waals surface area contributed by atoms with E-state index in [-0.39, 0.29) is 5.91 Å². The molecule has 1 atom stereocenters. The molecule has 0 saturated heterocycles. The maximum absolute atomic E-state index is 12.2. The number of aromatic nitrogens is 4. The fourth-order valence-corrected chi connectivity index (χ4v) is 3.11. The number of amides is 1. The first-order valence-electron chi connectivity index (χ1n) is 7.19. The molecule has 24 heavy (non-hydrogen) atoms. The van der Waals surface area contributed by atoms with Crippen molar-refractivity contribution in [3.8, 4) is 11.5 Å². The molecule has 2 aromatic heterocycles. The zero-order chi connectivity index (χ0) is 17.1. The smallest absolute Gasteiger partial charge is 0.277 e. The fraction of sp³-hybridized carbons (Fsp3) is 0.267. The van der Waals surface area contributed by atoms with Gasteiger partial charge < -0.3 is 4.42 Å². The molecule has 7 nitrogen and oxygen atoms in total. The summed E-state index contributed by atoms with van der Waals surface area (Å²) >= 11 is 2.53. The predicted molar refractivity (Wildman–Crippen MR) is 93.1 cm³/mol. The molecule has 9 heteroatoms. The lowest BCUT2D eigenvalue weighted by Gasteiger charge is -2.06. The van der Waals surface area contributed by atoms with Crippen LogP contribution in [0.4, 0.5) is 5.13 Å². The SMILES string of the molecule is Cc1ccc(-c2nnc(S[C@@H](C)C(=O)Nc3nnc(C)s3)o2)cc1. The van der Waals surface area contributed by atoms with Crippen LogP contribution >= 0.6 is 23.1 Å². The zero-order valence-corrected chi connectivity index (χ0v) is 14.9. The minimum atomic E-state index is -0.402. The molecular weight excluding hydrogens is 346 g/mol. The summed E-state index contributed by atoms with van der Waals surface area (Å²) in [5.74, 6) is 0.246. The number of hydrogen-bond donors (Lipinski definition) is 1. The number of rotatable bonds is 5. The largest absolute Gasteiger partial charge is 0.411 e. The van der Waals surface area contributed by atoms with Crippen LogP contribution in [-0.2, 0) is 4.79 Å². The molecule has 0 aliphatic heterocycles. The Kier molecular flexibility index (Phi) is 4.91. The number of nitrogens with zero attached hydrogens (tertiary/aromatic N) is 4. The molecule has 1 amide bonds. The van der Waals surface area contributed by atoms with Gasteiger partial charge in [-0.1, -0.05) is 40.8 Å². The van der Waals surface area contributed by atoms with Crippen molar-refractivity contribution in [2.75, 3.05) is 5.32 Å². The van der Waals surface area contributed by atoms with Gasteiger partial charge in [-0.25, -0.2) is 0 Å². The van der Waals surface area contributed by atoms with Crippen molar-refractivity contribution in [2.24, 2.45) is 0 Å². The number of benzene rings is 1. The Morgan fingerprint density at radius 1 is 1.17 bits per heavy atom. The lowest BCUT2D eigenvalue weighted by molar-refractivity contribution is -0.115. The molecule has 0 bridgehead atoms. The normalized spacial score (nSPS) is 12.1. The summed E-state index contributed by atoms with van der Waals surface area (Å²) < 4.78 is 5.62. The van der Waals surface area contributed by atoms with Crippen molar-refractivity contribution in [3.05, 3.63) is 34.8 Å². The van der Waals surface area contributed by atoms with E-state index in [9.17, 15) is 4.79 Å². The zero-order valence-electron chi connectivity index (χ0n) is 13.3. The van der Waals surface area contributed by atoms with Gasteiger partial charge >= 0.3 is 0 Å². The number of anilines is 1. The van der Waals surface area contributed by atoms with Crippen molar-refractivity contribution in [2.45, 2.75) is 31.2 Å². The van der Waals surface area contributed by atoms with Gasteiger partial charge in [0.05, 0.1) is 5.25 Å². The molecule has 3 rings (SSSR count). The van der Waals surface area contributed by atoms with E-state index in [1.54, 1.807) is 6.92 Å². The predicted octanol–water partition coefficient (Wildman–Crippen LogP) is 3.32. The molecule has 2 heterocycles. The molecular formula is C15H15N5O2S2. The standard InChI is InChI=1S/C15H15N5O2S2/c1-8-4-6-11(7-5-8)13-18-20-15(22-13)23-9(2)12(21)16-14-19-17-10(3)24-14/h4-7,9H,1-3H3,(H,16,19,21)/t9-/m0/s1. The van der Waals surface area contributed by atoms with Gasteiger partial charge in [0.15, 0.2) is 0 Å². The van der Waals surface area contributed by atoms with Crippen LogP contribution in [0, 0.1) is 13.8 Å². The highest BCUT2D eigenvalue weighted by Crippen LogP contribution is 2.27. The Hall–Kier alpha value is -2.26. The van der Waals surface area contributed by atoms with E-state index in [0.29, 0.717) is 16.2 Å². The van der Waals surface area contributed by atoms with Gasteiger partial charge in [0.25, 0.3) is 5.22 Å². The van der Waals surface area contributed by atoms with Gasteiger partial charge in [0, 0.05) is 5.56 Å². The van der Waals surface area contributed by atoms with Crippen molar-refractivity contribution in [1.29, 1.82) is 0 Å². The molecule has 0 radical (unpaired) electrons. The number of carbonyl (C=O) groups excluding carboxylic acids is 1. The maximum Gasteiger partial charge on any atom is 0.277 e. The van der Waals surface area contributed by atoms with Crippen molar-refractivity contribution >= 4 is 34.1 Å². The Morgan fingerprint density at radius 3 is 2.58 bits per heavy atom. The molecule has 124 valence electrons. The van der Waals surface area contributed by atoms with E-state index in [1.165, 1.54) is 23.1 Å². The van der Waals surface area contributed by atoms with Crippen molar-refractivity contribution in [1.82, 2.24) is 20.4 Å². The maximum atomic E-state index is 12.2. The molecule has 0 spiro atoms. The lowest BCUT2D eigenvalue weighted by atomic mass is 10.1. The number of nitrogens with one attached hydrogen (secondary N) is 1. The summed E-state index contributed by atoms with van der Waals surface area (Å²) in [6.45, 7) is 5.61. The van der Waals surface area contributed by atoms with E-state index in [4.69, 9.17) is 4.42 Å². The van der Waals surface area contributed by atoms with E-state index < -0.39 is 5.25 Å². The van der Waals surface area contributed by atoms with Gasteiger partial charge in [-0.2, -0.15) is 0 Å². The van der Waals surface area contributed by atoms with E-state index in [2.05, 4.69) is 25.7 Å². The molecule has 1 aromatic carbocycles. The van der Waals surface area contributed by atoms with E-state index in [1.807, 2.05) is 38.1 Å². The first kappa shape index (κ1) is 16.6. The first-order valence-corrected chi connectivity index (χ1v) is 8.89. The lowest BCUT2D eigenvalue weighted by Crippen LogP contribution is -2.22. The highest BCUT2D eigenvalue weighted by Gasteiger charge is 2.20. The molecule has 1 N–H and O–H groups in total. The Balaban J connectivity index is 1.63. The van der Waals surface area contributed by atoms with Gasteiger partial charge in [0.1, 0.15) is 5.01 Å². The monoisotopic (exact) mass is 361 g/mol. The van der Waals surface area contributed by atoms with E-state index in [0.717, 1.165) is 16.1 Å². The Bertz CT molecular complexity index is 844. The molecule has 0 unspecified atom stereocenters. The topological polar surface area (TPSA) is 93.8 Å². The third kappa shape index (κ3) is 3.98. The summed E-state index contributed by atoms with van der Waals surface area (Å²) in [4.78, 5) is 12.2. The summed E-state index contributed by atoms with van der Waals surface area (Å²) in [5, 5.41) is 19.7. The summed E-state index contributed by atoms with van der Waals surface area (Å²) in [5.41, 5.74) is 2.01. The van der Waals surface area contributed by atoms with Crippen LogP contribution in [0.5, 0.6) is 0 Å². The summed E-state index contributed by atoms with van der Waals surface area (Å²) in [6.07, 6.45) is 0. The quantitative estimate of drug-likeness (QED) is 0.697. The number of carbonyl (C=O) groups is 1. The summed E-state index contributed by atoms with van der Waals surface area (Å²) in [7, 11) is 0. The van der Waals surface area contributed by atoms with Gasteiger partial charge in [-0.3, -0.25) is 10.1 Å². The number of thioether (sulfide) groups is 1. The average Bonchev–Trinajstić information content (AvgIpc) is 3.17. The first-order chi connectivity index (χ1) is 11.5. The molecule has 0 saturated carbocycles. The van der Waals surface area contributed by atoms with Crippen molar-refractivity contribution < 1.29 is 9.21 Å². The van der Waals surface area contributed by atoms with Gasteiger partial charge in [-0.05, 0) is 32.9 Å². The average molecular weight is 361 g/mol. The molecule has 0 aliphatic rings. The van der Waals surface area contributed by atoms with Crippen LogP contribution in [0.25, 0.3) is 11.5 Å². The van der Waals surface area contributed by atoms with Crippen LogP contribution in [0.15, 0.2) is 33.9 Å².